The van der Waals surface area contributed by atoms with Crippen LogP contribution < -0.4 is 5.32 Å². The number of pyridine rings is 1. The predicted molar refractivity (Wildman–Crippen MR) is 85.4 cm³/mol. The number of fused-ring (bicyclic) bond motifs is 1. The van der Waals surface area contributed by atoms with Gasteiger partial charge < -0.3 is 14.7 Å². The molecule has 8 heteroatoms. The van der Waals surface area contributed by atoms with Crippen LogP contribution in [0.4, 0.5) is 5.82 Å². The van der Waals surface area contributed by atoms with Crippen molar-refractivity contribution in [3.8, 4) is 0 Å². The highest BCUT2D eigenvalue weighted by atomic mass is 35.5. The predicted octanol–water partition coefficient (Wildman–Crippen LogP) is 3.61. The molecule has 108 valence electrons. The second kappa shape index (κ2) is 5.59. The van der Waals surface area contributed by atoms with Gasteiger partial charge in [0.2, 0.25) is 0 Å². The van der Waals surface area contributed by atoms with E-state index in [4.69, 9.17) is 11.6 Å². The number of anilines is 1. The number of aromatic nitrogens is 1. The highest BCUT2D eigenvalue weighted by Crippen LogP contribution is 2.44. The van der Waals surface area contributed by atoms with E-state index in [9.17, 15) is 9.90 Å². The van der Waals surface area contributed by atoms with E-state index >= 15 is 0 Å². The van der Waals surface area contributed by atoms with Crippen LogP contribution in [0.5, 0.6) is 0 Å². The molecule has 5 nitrogen and oxygen atoms in total. The number of carbonyl (C=O) groups excluding carboxylic acids is 1. The van der Waals surface area contributed by atoms with Gasteiger partial charge >= 0.3 is 0 Å². The van der Waals surface area contributed by atoms with E-state index in [0.717, 1.165) is 4.90 Å². The minimum atomic E-state index is -0.420. The molecule has 0 unspecified atom stereocenters. The quantitative estimate of drug-likeness (QED) is 0.818. The van der Waals surface area contributed by atoms with E-state index in [1.165, 1.54) is 23.3 Å². The second-order valence-corrected chi connectivity index (χ2v) is 7.05. The molecule has 0 fully saturated rings. The summed E-state index contributed by atoms with van der Waals surface area (Å²) in [7, 11) is 1.71. The SMILES string of the molecule is CN1Sc2cc(Cl)sc2C(O)=C1C(=O)Nc1ccccn1. The summed E-state index contributed by atoms with van der Waals surface area (Å²) in [5, 5.41) is 13.0. The summed E-state index contributed by atoms with van der Waals surface area (Å²) in [6, 6.07) is 6.98. The largest absolute Gasteiger partial charge is 0.504 e. The third-order valence-electron chi connectivity index (χ3n) is 2.78. The normalized spacial score (nSPS) is 14.1. The van der Waals surface area contributed by atoms with Crippen LogP contribution in [-0.4, -0.2) is 27.4 Å². The maximum atomic E-state index is 12.4. The fourth-order valence-electron chi connectivity index (χ4n) is 1.89. The fraction of sp³-hybridized carbons (Fsp3) is 0.0769. The molecular formula is C13H10ClN3O2S2. The Morgan fingerprint density at radius 1 is 1.48 bits per heavy atom. The van der Waals surface area contributed by atoms with Crippen molar-refractivity contribution in [2.45, 2.75) is 4.90 Å². The van der Waals surface area contributed by atoms with Crippen molar-refractivity contribution in [3.63, 3.8) is 0 Å². The van der Waals surface area contributed by atoms with E-state index in [1.807, 2.05) is 0 Å². The first-order chi connectivity index (χ1) is 10.1. The van der Waals surface area contributed by atoms with Crippen LogP contribution in [-0.2, 0) is 4.79 Å². The van der Waals surface area contributed by atoms with Crippen molar-refractivity contribution in [1.29, 1.82) is 0 Å². The van der Waals surface area contributed by atoms with Crippen LogP contribution in [0.1, 0.15) is 4.88 Å². The highest BCUT2D eigenvalue weighted by molar-refractivity contribution is 7.97. The minimum absolute atomic E-state index is 0.0726. The number of nitrogens with zero attached hydrogens (tertiary/aromatic N) is 2. The van der Waals surface area contributed by atoms with Crippen molar-refractivity contribution in [2.24, 2.45) is 0 Å². The van der Waals surface area contributed by atoms with E-state index in [-0.39, 0.29) is 11.5 Å². The maximum Gasteiger partial charge on any atom is 0.277 e. The van der Waals surface area contributed by atoms with Gasteiger partial charge in [0.15, 0.2) is 11.5 Å². The molecule has 0 radical (unpaired) electrons. The standard InChI is InChI=1S/C13H10ClN3O2S2/c1-17-10(13(19)16-9-4-2-3-5-15-9)11(18)12-7(21-17)6-8(14)20-12/h2-6,18H,1H3,(H,15,16,19). The number of likely N-dealkylation sites (N-methyl/N-ethyl adjacent to an activating group) is 1. The molecule has 1 aliphatic rings. The van der Waals surface area contributed by atoms with Crippen molar-refractivity contribution in [2.75, 3.05) is 12.4 Å². The van der Waals surface area contributed by atoms with Gasteiger partial charge in [-0.15, -0.1) is 11.3 Å². The number of hydrogen-bond acceptors (Lipinski definition) is 6. The number of halogens is 1. The van der Waals surface area contributed by atoms with Crippen molar-refractivity contribution in [3.05, 3.63) is 45.4 Å². The number of nitrogens with one attached hydrogen (secondary N) is 1. The molecule has 3 heterocycles. The van der Waals surface area contributed by atoms with Gasteiger partial charge in [0, 0.05) is 13.2 Å². The van der Waals surface area contributed by atoms with Crippen LogP contribution in [0, 0.1) is 0 Å². The van der Waals surface area contributed by atoms with E-state index in [2.05, 4.69) is 10.3 Å². The van der Waals surface area contributed by atoms with E-state index in [1.54, 1.807) is 41.8 Å². The zero-order valence-electron chi connectivity index (χ0n) is 10.8. The lowest BCUT2D eigenvalue weighted by Crippen LogP contribution is -2.27. The monoisotopic (exact) mass is 339 g/mol. The molecule has 2 aromatic heterocycles. The first-order valence-electron chi connectivity index (χ1n) is 5.93. The molecule has 0 saturated heterocycles. The van der Waals surface area contributed by atoms with Crippen molar-refractivity contribution >= 4 is 52.4 Å². The van der Waals surface area contributed by atoms with Crippen LogP contribution in [0.15, 0.2) is 41.1 Å². The number of aliphatic hydroxyl groups excluding tert-OH is 1. The Kier molecular flexibility index (Phi) is 3.79. The summed E-state index contributed by atoms with van der Waals surface area (Å²) in [6.07, 6.45) is 1.58. The molecule has 1 aliphatic heterocycles. The van der Waals surface area contributed by atoms with E-state index in [0.29, 0.717) is 15.0 Å². The summed E-state index contributed by atoms with van der Waals surface area (Å²) in [5.74, 6) is -0.0656. The van der Waals surface area contributed by atoms with Gasteiger partial charge in [0.25, 0.3) is 5.91 Å². The Morgan fingerprint density at radius 2 is 2.29 bits per heavy atom. The van der Waals surface area contributed by atoms with Gasteiger partial charge in [-0.2, -0.15) is 0 Å². The van der Waals surface area contributed by atoms with Gasteiger partial charge in [-0.05, 0) is 30.1 Å². The first kappa shape index (κ1) is 14.2. The molecular weight excluding hydrogens is 330 g/mol. The average Bonchev–Trinajstić information content (AvgIpc) is 2.80. The van der Waals surface area contributed by atoms with Crippen molar-refractivity contribution < 1.29 is 9.90 Å². The molecule has 2 N–H and O–H groups in total. The van der Waals surface area contributed by atoms with Gasteiger partial charge in [0.05, 0.1) is 14.1 Å². The third kappa shape index (κ3) is 2.72. The summed E-state index contributed by atoms with van der Waals surface area (Å²) in [6.45, 7) is 0. The molecule has 0 atom stereocenters. The first-order valence-corrected chi connectivity index (χ1v) is 7.90. The van der Waals surface area contributed by atoms with Crippen LogP contribution in [0.25, 0.3) is 5.76 Å². The molecule has 21 heavy (non-hydrogen) atoms. The number of rotatable bonds is 2. The lowest BCUT2D eigenvalue weighted by molar-refractivity contribution is -0.113. The Morgan fingerprint density at radius 3 is 3.00 bits per heavy atom. The zero-order valence-corrected chi connectivity index (χ0v) is 13.2. The van der Waals surface area contributed by atoms with Crippen LogP contribution in [0.2, 0.25) is 4.34 Å². The molecule has 2 aromatic rings. The lowest BCUT2D eigenvalue weighted by Gasteiger charge is -2.25. The van der Waals surface area contributed by atoms with Crippen LogP contribution >= 0.6 is 34.9 Å². The molecule has 0 aliphatic carbocycles. The topological polar surface area (TPSA) is 65.5 Å². The summed E-state index contributed by atoms with van der Waals surface area (Å²) in [5.41, 5.74) is 0.177. The average molecular weight is 340 g/mol. The minimum Gasteiger partial charge on any atom is -0.504 e. The van der Waals surface area contributed by atoms with Crippen LogP contribution in [0.3, 0.4) is 0 Å². The number of hydrogen-bond donors (Lipinski definition) is 2. The van der Waals surface area contributed by atoms with Gasteiger partial charge in [0.1, 0.15) is 5.82 Å². The van der Waals surface area contributed by atoms with Gasteiger partial charge in [-0.25, -0.2) is 4.98 Å². The molecule has 1 amide bonds. The summed E-state index contributed by atoms with van der Waals surface area (Å²) < 4.78 is 2.18. The summed E-state index contributed by atoms with van der Waals surface area (Å²) >= 11 is 8.55. The Bertz CT molecular complexity index is 730. The van der Waals surface area contributed by atoms with Gasteiger partial charge in [-0.3, -0.25) is 4.79 Å². The second-order valence-electron chi connectivity index (χ2n) is 4.20. The highest BCUT2D eigenvalue weighted by Gasteiger charge is 2.30. The number of aliphatic hydroxyl groups is 1. The molecule has 0 aromatic carbocycles. The molecule has 3 rings (SSSR count). The van der Waals surface area contributed by atoms with Crippen molar-refractivity contribution in [1.82, 2.24) is 9.29 Å². The Balaban J connectivity index is 1.95. The fourth-order valence-corrected chi connectivity index (χ4v) is 4.24. The number of thiophene rings is 1. The zero-order chi connectivity index (χ0) is 15.0. The molecule has 0 spiro atoms. The van der Waals surface area contributed by atoms with Gasteiger partial charge in [-0.1, -0.05) is 17.7 Å². The number of carbonyl (C=O) groups is 1. The smallest absolute Gasteiger partial charge is 0.277 e. The lowest BCUT2D eigenvalue weighted by atomic mass is 10.3. The Labute approximate surface area is 134 Å². The van der Waals surface area contributed by atoms with E-state index < -0.39 is 5.91 Å². The Hall–Kier alpha value is -1.70. The summed E-state index contributed by atoms with van der Waals surface area (Å²) in [4.78, 5) is 17.8. The number of amides is 1. The maximum absolute atomic E-state index is 12.4. The molecule has 0 saturated carbocycles. The third-order valence-corrected chi connectivity index (χ3v) is 5.15. The molecule has 0 bridgehead atoms.